The Morgan fingerprint density at radius 1 is 1.03 bits per heavy atom. The molecular formula is C23H21ClN6O4. The van der Waals surface area contributed by atoms with Gasteiger partial charge < -0.3 is 15.8 Å². The topological polar surface area (TPSA) is 140 Å². The van der Waals surface area contributed by atoms with E-state index in [1.165, 1.54) is 0 Å². The van der Waals surface area contributed by atoms with Crippen LogP contribution in [-0.4, -0.2) is 43.7 Å². The number of ether oxygens (including phenoxy) is 1. The number of rotatable bonds is 7. The first-order chi connectivity index (χ1) is 16.2. The van der Waals surface area contributed by atoms with E-state index >= 15 is 0 Å². The van der Waals surface area contributed by atoms with E-state index in [-0.39, 0.29) is 41.4 Å². The van der Waals surface area contributed by atoms with Gasteiger partial charge in [0.2, 0.25) is 11.9 Å². The Morgan fingerprint density at radius 2 is 1.65 bits per heavy atom. The molecule has 0 radical (unpaired) electrons. The predicted octanol–water partition coefficient (Wildman–Crippen LogP) is 3.21. The van der Waals surface area contributed by atoms with Crippen LogP contribution in [0.4, 0.5) is 17.6 Å². The van der Waals surface area contributed by atoms with Gasteiger partial charge in [0.25, 0.3) is 11.8 Å². The Balaban J connectivity index is 1.49. The molecule has 1 atom stereocenters. The molecular weight excluding hydrogens is 460 g/mol. The quantitative estimate of drug-likeness (QED) is 0.385. The highest BCUT2D eigenvalue weighted by Gasteiger charge is 2.44. The molecule has 0 aliphatic carbocycles. The average molecular weight is 481 g/mol. The first-order valence-electron chi connectivity index (χ1n) is 10.4. The lowest BCUT2D eigenvalue weighted by Gasteiger charge is -2.27. The number of nitrogens with one attached hydrogen (secondary N) is 1. The fraction of sp³-hybridized carbons (Fsp3) is 0.217. The number of esters is 1. The minimum atomic E-state index is -1.11. The van der Waals surface area contributed by atoms with Crippen LogP contribution in [0.1, 0.15) is 40.4 Å². The monoisotopic (exact) mass is 480 g/mol. The van der Waals surface area contributed by atoms with Crippen LogP contribution in [0.3, 0.4) is 0 Å². The number of anilines is 3. The molecule has 1 aliphatic heterocycles. The second-order valence-corrected chi connectivity index (χ2v) is 8.32. The number of fused-ring (bicyclic) bond motifs is 1. The fourth-order valence-corrected chi connectivity index (χ4v) is 3.70. The van der Waals surface area contributed by atoms with Crippen LogP contribution in [0.15, 0.2) is 48.5 Å². The molecule has 0 spiro atoms. The number of aromatic nitrogens is 3. The van der Waals surface area contributed by atoms with Crippen molar-refractivity contribution in [1.82, 2.24) is 19.9 Å². The molecule has 0 fully saturated rings. The van der Waals surface area contributed by atoms with Crippen LogP contribution < -0.4 is 11.1 Å². The molecule has 10 nitrogen and oxygen atoms in total. The standard InChI is InChI=1S/C23H21ClN6O4/c1-12(2)18(30-19(31)15-5-3-4-6-16(15)20(30)32)21(33)34-11-17-27-22(25)29-23(28-17)26-14-9-7-13(24)8-10-14/h3-10,12,18H,11H2,1-2H3,(H3,25,26,27,28,29)/t18-/m0/s1. The number of halogens is 1. The van der Waals surface area contributed by atoms with Crippen molar-refractivity contribution in [2.24, 2.45) is 5.92 Å². The predicted molar refractivity (Wildman–Crippen MR) is 124 cm³/mol. The Hall–Kier alpha value is -4.05. The van der Waals surface area contributed by atoms with Crippen LogP contribution in [-0.2, 0) is 16.1 Å². The van der Waals surface area contributed by atoms with Crippen molar-refractivity contribution < 1.29 is 19.1 Å². The zero-order valence-corrected chi connectivity index (χ0v) is 19.1. The first kappa shape index (κ1) is 23.1. The summed E-state index contributed by atoms with van der Waals surface area (Å²) in [5, 5.41) is 3.54. The number of hydrogen-bond acceptors (Lipinski definition) is 9. The number of nitrogens with zero attached hydrogens (tertiary/aromatic N) is 4. The first-order valence-corrected chi connectivity index (χ1v) is 10.8. The molecule has 11 heteroatoms. The van der Waals surface area contributed by atoms with Crippen LogP contribution in [0.5, 0.6) is 0 Å². The van der Waals surface area contributed by atoms with E-state index in [1.807, 2.05) is 0 Å². The second kappa shape index (κ2) is 9.44. The summed E-state index contributed by atoms with van der Waals surface area (Å²) in [4.78, 5) is 51.9. The van der Waals surface area contributed by atoms with Crippen LogP contribution >= 0.6 is 11.6 Å². The number of amides is 2. The number of carbonyl (C=O) groups excluding carboxylic acids is 3. The van der Waals surface area contributed by atoms with Crippen molar-refractivity contribution in [2.45, 2.75) is 26.5 Å². The van der Waals surface area contributed by atoms with Crippen LogP contribution in [0.2, 0.25) is 5.02 Å². The Morgan fingerprint density at radius 3 is 2.24 bits per heavy atom. The zero-order valence-electron chi connectivity index (χ0n) is 18.4. The summed E-state index contributed by atoms with van der Waals surface area (Å²) in [6, 6.07) is 12.2. The number of imide groups is 1. The molecule has 1 aromatic heterocycles. The average Bonchev–Trinajstić information content (AvgIpc) is 3.04. The van der Waals surface area contributed by atoms with Gasteiger partial charge >= 0.3 is 5.97 Å². The Kier molecular flexibility index (Phi) is 6.42. The van der Waals surface area contributed by atoms with Gasteiger partial charge in [-0.3, -0.25) is 14.5 Å². The van der Waals surface area contributed by atoms with Crippen molar-refractivity contribution >= 4 is 47.0 Å². The van der Waals surface area contributed by atoms with E-state index in [4.69, 9.17) is 22.1 Å². The maximum atomic E-state index is 13.0. The van der Waals surface area contributed by atoms with Crippen molar-refractivity contribution in [3.8, 4) is 0 Å². The molecule has 2 aromatic carbocycles. The van der Waals surface area contributed by atoms with E-state index in [0.717, 1.165) is 4.90 Å². The largest absolute Gasteiger partial charge is 0.456 e. The van der Waals surface area contributed by atoms with Crippen molar-refractivity contribution in [3.63, 3.8) is 0 Å². The molecule has 3 aromatic rings. The third kappa shape index (κ3) is 4.67. The molecule has 2 heterocycles. The van der Waals surface area contributed by atoms with Gasteiger partial charge in [0, 0.05) is 10.7 Å². The molecule has 1 aliphatic rings. The lowest BCUT2D eigenvalue weighted by Crippen LogP contribution is -2.48. The van der Waals surface area contributed by atoms with Crippen molar-refractivity contribution in [1.29, 1.82) is 0 Å². The maximum absolute atomic E-state index is 13.0. The van der Waals surface area contributed by atoms with Gasteiger partial charge in [-0.15, -0.1) is 0 Å². The van der Waals surface area contributed by atoms with Gasteiger partial charge in [-0.2, -0.15) is 15.0 Å². The smallest absolute Gasteiger partial charge is 0.330 e. The van der Waals surface area contributed by atoms with Gasteiger partial charge in [0.05, 0.1) is 11.1 Å². The highest BCUT2D eigenvalue weighted by molar-refractivity contribution is 6.30. The van der Waals surface area contributed by atoms with E-state index in [1.54, 1.807) is 62.4 Å². The zero-order chi connectivity index (χ0) is 24.4. The number of carbonyl (C=O) groups is 3. The molecule has 0 saturated heterocycles. The van der Waals surface area contributed by atoms with Crippen LogP contribution in [0.25, 0.3) is 0 Å². The van der Waals surface area contributed by atoms with Gasteiger partial charge in [0.15, 0.2) is 12.4 Å². The summed E-state index contributed by atoms with van der Waals surface area (Å²) in [6.45, 7) is 3.13. The summed E-state index contributed by atoms with van der Waals surface area (Å²) in [6.07, 6.45) is 0. The highest BCUT2D eigenvalue weighted by Crippen LogP contribution is 2.28. The summed E-state index contributed by atoms with van der Waals surface area (Å²) >= 11 is 5.89. The summed E-state index contributed by atoms with van der Waals surface area (Å²) in [5.74, 6) is -2.02. The van der Waals surface area contributed by atoms with E-state index in [0.29, 0.717) is 10.7 Å². The second-order valence-electron chi connectivity index (χ2n) is 7.89. The van der Waals surface area contributed by atoms with Gasteiger partial charge in [0.1, 0.15) is 6.04 Å². The number of benzene rings is 2. The lowest BCUT2D eigenvalue weighted by atomic mass is 10.0. The number of nitrogen functional groups attached to an aromatic ring is 1. The number of nitrogens with two attached hydrogens (primary N) is 1. The number of hydrogen-bond donors (Lipinski definition) is 2. The van der Waals surface area contributed by atoms with E-state index in [9.17, 15) is 14.4 Å². The molecule has 4 rings (SSSR count). The summed E-state index contributed by atoms with van der Waals surface area (Å²) in [5.41, 5.74) is 6.96. The SMILES string of the molecule is CC(C)[C@@H](C(=O)OCc1nc(N)nc(Nc2ccc(Cl)cc2)n1)N1C(=O)c2ccccc2C1=O. The maximum Gasteiger partial charge on any atom is 0.330 e. The molecule has 3 N–H and O–H groups in total. The Bertz CT molecular complexity index is 1230. The highest BCUT2D eigenvalue weighted by atomic mass is 35.5. The molecule has 0 unspecified atom stereocenters. The van der Waals surface area contributed by atoms with Gasteiger partial charge in [-0.25, -0.2) is 4.79 Å². The molecule has 0 bridgehead atoms. The lowest BCUT2D eigenvalue weighted by molar-refractivity contribution is -0.151. The van der Waals surface area contributed by atoms with Crippen molar-refractivity contribution in [2.75, 3.05) is 11.1 Å². The molecule has 2 amide bonds. The van der Waals surface area contributed by atoms with Crippen LogP contribution in [0, 0.1) is 5.92 Å². The van der Waals surface area contributed by atoms with E-state index in [2.05, 4.69) is 20.3 Å². The molecule has 0 saturated carbocycles. The van der Waals surface area contributed by atoms with E-state index < -0.39 is 23.8 Å². The summed E-state index contributed by atoms with van der Waals surface area (Å²) < 4.78 is 5.40. The minimum absolute atomic E-state index is 0.0710. The third-order valence-electron chi connectivity index (χ3n) is 5.12. The fourth-order valence-electron chi connectivity index (χ4n) is 3.58. The normalized spacial score (nSPS) is 13.7. The molecule has 174 valence electrons. The molecule has 34 heavy (non-hydrogen) atoms. The Labute approximate surface area is 200 Å². The minimum Gasteiger partial charge on any atom is -0.456 e. The van der Waals surface area contributed by atoms with Crippen molar-refractivity contribution in [3.05, 3.63) is 70.5 Å². The van der Waals surface area contributed by atoms with Gasteiger partial charge in [-0.05, 0) is 42.3 Å². The third-order valence-corrected chi connectivity index (χ3v) is 5.37. The summed E-state index contributed by atoms with van der Waals surface area (Å²) in [7, 11) is 0. The van der Waals surface area contributed by atoms with Gasteiger partial charge in [-0.1, -0.05) is 37.6 Å².